The second-order valence-corrected chi connectivity index (χ2v) is 5.69. The van der Waals surface area contributed by atoms with Crippen LogP contribution in [0.2, 0.25) is 0 Å². The van der Waals surface area contributed by atoms with Gasteiger partial charge in [-0.25, -0.2) is 9.97 Å². The van der Waals surface area contributed by atoms with E-state index in [1.165, 1.54) is 11.3 Å². The normalized spacial score (nSPS) is 18.2. The Hall–Kier alpha value is -0.960. The monoisotopic (exact) mass is 234 g/mol. The number of aromatic nitrogens is 2. The second kappa shape index (κ2) is 4.37. The summed E-state index contributed by atoms with van der Waals surface area (Å²) < 4.78 is 5.85. The fourth-order valence-corrected chi connectivity index (χ4v) is 2.19. The number of hydrogen-bond acceptors (Lipinski definition) is 3. The number of ether oxygens (including phenoxy) is 1. The maximum absolute atomic E-state index is 5.85. The lowest BCUT2D eigenvalue weighted by molar-refractivity contribution is -0.0420. The van der Waals surface area contributed by atoms with Gasteiger partial charge in [-0.2, -0.15) is 0 Å². The van der Waals surface area contributed by atoms with Gasteiger partial charge < -0.3 is 4.74 Å². The number of rotatable bonds is 2. The first kappa shape index (κ1) is 12.5. The summed E-state index contributed by atoms with van der Waals surface area (Å²) in [5.41, 5.74) is 3.47. The maximum Gasteiger partial charge on any atom is 0.131 e. The Morgan fingerprint density at radius 2 is 2.00 bits per heavy atom. The molecule has 17 heavy (non-hydrogen) atoms. The third-order valence-corrected chi connectivity index (χ3v) is 3.25. The Morgan fingerprint density at radius 3 is 2.59 bits per heavy atom. The van der Waals surface area contributed by atoms with Gasteiger partial charge in [0.05, 0.1) is 17.9 Å². The number of hydrogen-bond donors (Lipinski definition) is 0. The molecule has 2 rings (SSSR count). The minimum absolute atomic E-state index is 0.0966. The molecule has 0 fully saturated rings. The molecule has 1 aliphatic rings. The molecule has 0 bridgehead atoms. The molecule has 0 saturated carbocycles. The van der Waals surface area contributed by atoms with E-state index in [0.29, 0.717) is 12.5 Å². The molecule has 0 aromatic carbocycles. The van der Waals surface area contributed by atoms with Crippen molar-refractivity contribution in [3.05, 3.63) is 22.8 Å². The van der Waals surface area contributed by atoms with Crippen molar-refractivity contribution in [3.63, 3.8) is 0 Å². The van der Waals surface area contributed by atoms with Crippen LogP contribution in [0.15, 0.2) is 0 Å². The minimum atomic E-state index is -0.0966. The third-order valence-electron chi connectivity index (χ3n) is 3.25. The highest BCUT2D eigenvalue weighted by molar-refractivity contribution is 5.29. The van der Waals surface area contributed by atoms with Gasteiger partial charge in [-0.15, -0.1) is 0 Å². The quantitative estimate of drug-likeness (QED) is 0.789. The fraction of sp³-hybridized carbons (Fsp3) is 0.714. The van der Waals surface area contributed by atoms with E-state index in [1.807, 2.05) is 0 Å². The van der Waals surface area contributed by atoms with Gasteiger partial charge in [0.1, 0.15) is 5.82 Å². The number of nitrogens with zero attached hydrogens (tertiary/aromatic N) is 2. The van der Waals surface area contributed by atoms with Crippen LogP contribution < -0.4 is 0 Å². The van der Waals surface area contributed by atoms with Crippen molar-refractivity contribution >= 4 is 0 Å². The van der Waals surface area contributed by atoms with Crippen molar-refractivity contribution in [1.29, 1.82) is 0 Å². The summed E-state index contributed by atoms with van der Waals surface area (Å²) in [6, 6.07) is 0. The summed E-state index contributed by atoms with van der Waals surface area (Å²) in [7, 11) is 0. The SMILES string of the molecule is CCc1nc(C(C)C)nc2c1COC(C)(C)C2. The second-order valence-electron chi connectivity index (χ2n) is 5.69. The lowest BCUT2D eigenvalue weighted by Gasteiger charge is -2.32. The Labute approximate surface area is 104 Å². The molecule has 0 unspecified atom stereocenters. The van der Waals surface area contributed by atoms with E-state index < -0.39 is 0 Å². The Kier molecular flexibility index (Phi) is 3.21. The molecule has 0 spiro atoms. The third kappa shape index (κ3) is 2.49. The largest absolute Gasteiger partial charge is 0.370 e. The first-order valence-corrected chi connectivity index (χ1v) is 6.45. The summed E-state index contributed by atoms with van der Waals surface area (Å²) in [5, 5.41) is 0. The Bertz CT molecular complexity index is 424. The van der Waals surface area contributed by atoms with Gasteiger partial charge in [0.25, 0.3) is 0 Å². The van der Waals surface area contributed by atoms with Crippen molar-refractivity contribution in [3.8, 4) is 0 Å². The van der Waals surface area contributed by atoms with Gasteiger partial charge in [0.15, 0.2) is 0 Å². The molecule has 0 N–H and O–H groups in total. The molecule has 0 atom stereocenters. The molecular formula is C14H22N2O. The highest BCUT2D eigenvalue weighted by atomic mass is 16.5. The van der Waals surface area contributed by atoms with Crippen LogP contribution in [0.3, 0.4) is 0 Å². The zero-order chi connectivity index (χ0) is 12.6. The van der Waals surface area contributed by atoms with Crippen molar-refractivity contribution < 1.29 is 4.74 Å². The van der Waals surface area contributed by atoms with E-state index in [9.17, 15) is 0 Å². The standard InChI is InChI=1S/C14H22N2O/c1-6-11-10-8-17-14(4,5)7-12(10)16-13(15-11)9(2)3/h9H,6-8H2,1-5H3. The lowest BCUT2D eigenvalue weighted by Crippen LogP contribution is -2.33. The van der Waals surface area contributed by atoms with E-state index in [-0.39, 0.29) is 5.60 Å². The summed E-state index contributed by atoms with van der Waals surface area (Å²) in [6.07, 6.45) is 1.84. The van der Waals surface area contributed by atoms with E-state index in [2.05, 4.69) is 39.6 Å². The summed E-state index contributed by atoms with van der Waals surface area (Å²) in [4.78, 5) is 9.39. The fourth-order valence-electron chi connectivity index (χ4n) is 2.19. The zero-order valence-corrected chi connectivity index (χ0v) is 11.5. The average Bonchev–Trinajstić information content (AvgIpc) is 2.25. The predicted octanol–water partition coefficient (Wildman–Crippen LogP) is 3.01. The van der Waals surface area contributed by atoms with Crippen molar-refractivity contribution in [1.82, 2.24) is 9.97 Å². The first-order valence-electron chi connectivity index (χ1n) is 6.45. The Balaban J connectivity index is 2.48. The smallest absolute Gasteiger partial charge is 0.131 e. The molecule has 1 aromatic rings. The van der Waals surface area contributed by atoms with Crippen molar-refractivity contribution in [2.75, 3.05) is 0 Å². The van der Waals surface area contributed by atoms with Gasteiger partial charge in [0.2, 0.25) is 0 Å². The predicted molar refractivity (Wildman–Crippen MR) is 68.1 cm³/mol. The van der Waals surface area contributed by atoms with Crippen LogP contribution in [0.1, 0.15) is 63.3 Å². The maximum atomic E-state index is 5.85. The zero-order valence-electron chi connectivity index (χ0n) is 11.5. The number of aryl methyl sites for hydroxylation is 1. The van der Waals surface area contributed by atoms with Crippen LogP contribution in [0.5, 0.6) is 0 Å². The molecule has 1 aliphatic heterocycles. The lowest BCUT2D eigenvalue weighted by atomic mass is 9.94. The van der Waals surface area contributed by atoms with Crippen LogP contribution in [-0.2, 0) is 24.2 Å². The summed E-state index contributed by atoms with van der Waals surface area (Å²) >= 11 is 0. The van der Waals surface area contributed by atoms with Gasteiger partial charge >= 0.3 is 0 Å². The number of fused-ring (bicyclic) bond motifs is 1. The molecule has 0 radical (unpaired) electrons. The average molecular weight is 234 g/mol. The van der Waals surface area contributed by atoms with E-state index in [0.717, 1.165) is 24.4 Å². The van der Waals surface area contributed by atoms with E-state index >= 15 is 0 Å². The first-order chi connectivity index (χ1) is 7.93. The van der Waals surface area contributed by atoms with Gasteiger partial charge in [-0.1, -0.05) is 20.8 Å². The molecule has 3 heteroatoms. The van der Waals surface area contributed by atoms with Crippen LogP contribution in [-0.4, -0.2) is 15.6 Å². The molecule has 3 nitrogen and oxygen atoms in total. The molecule has 0 saturated heterocycles. The minimum Gasteiger partial charge on any atom is -0.370 e. The van der Waals surface area contributed by atoms with Crippen molar-refractivity contribution in [2.24, 2.45) is 0 Å². The van der Waals surface area contributed by atoms with E-state index in [1.54, 1.807) is 0 Å². The summed E-state index contributed by atoms with van der Waals surface area (Å²) in [6.45, 7) is 11.3. The topological polar surface area (TPSA) is 35.0 Å². The van der Waals surface area contributed by atoms with Gasteiger partial charge in [0, 0.05) is 23.6 Å². The molecule has 0 amide bonds. The molecule has 2 heterocycles. The van der Waals surface area contributed by atoms with Crippen LogP contribution in [0, 0.1) is 0 Å². The highest BCUT2D eigenvalue weighted by Crippen LogP contribution is 2.29. The van der Waals surface area contributed by atoms with Crippen LogP contribution in [0.4, 0.5) is 0 Å². The highest BCUT2D eigenvalue weighted by Gasteiger charge is 2.29. The van der Waals surface area contributed by atoms with Crippen LogP contribution in [0.25, 0.3) is 0 Å². The van der Waals surface area contributed by atoms with Gasteiger partial charge in [-0.3, -0.25) is 0 Å². The van der Waals surface area contributed by atoms with E-state index in [4.69, 9.17) is 9.72 Å². The Morgan fingerprint density at radius 1 is 1.29 bits per heavy atom. The summed E-state index contributed by atoms with van der Waals surface area (Å²) in [5.74, 6) is 1.36. The molecule has 1 aromatic heterocycles. The van der Waals surface area contributed by atoms with Crippen LogP contribution >= 0.6 is 0 Å². The van der Waals surface area contributed by atoms with Gasteiger partial charge in [-0.05, 0) is 20.3 Å². The molecular weight excluding hydrogens is 212 g/mol. The molecule has 0 aliphatic carbocycles. The molecule has 94 valence electrons. The van der Waals surface area contributed by atoms with Crippen molar-refractivity contribution in [2.45, 2.75) is 65.6 Å².